The van der Waals surface area contributed by atoms with Gasteiger partial charge in [0.15, 0.2) is 5.82 Å². The predicted molar refractivity (Wildman–Crippen MR) is 77.1 cm³/mol. The molecule has 0 aliphatic heterocycles. The van der Waals surface area contributed by atoms with Gasteiger partial charge < -0.3 is 10.6 Å². The lowest BCUT2D eigenvalue weighted by Gasteiger charge is -2.06. The Labute approximate surface area is 123 Å². The summed E-state index contributed by atoms with van der Waals surface area (Å²) in [5, 5.41) is 5.05. The molecule has 2 amide bonds. The van der Waals surface area contributed by atoms with Gasteiger partial charge in [-0.1, -0.05) is 18.2 Å². The number of benzene rings is 1. The van der Waals surface area contributed by atoms with Crippen molar-refractivity contribution in [2.24, 2.45) is 0 Å². The highest BCUT2D eigenvalue weighted by Crippen LogP contribution is 2.05. The van der Waals surface area contributed by atoms with Crippen LogP contribution >= 0.6 is 15.9 Å². The summed E-state index contributed by atoms with van der Waals surface area (Å²) in [6, 6.07) is 8.68. The van der Waals surface area contributed by atoms with E-state index >= 15 is 0 Å². The molecule has 20 heavy (non-hydrogen) atoms. The summed E-state index contributed by atoms with van der Waals surface area (Å²) in [5.41, 5.74) is 0.503. The first kappa shape index (κ1) is 14.1. The van der Waals surface area contributed by atoms with Gasteiger partial charge >= 0.3 is 0 Å². The minimum absolute atomic E-state index is 0.133. The van der Waals surface area contributed by atoms with Crippen LogP contribution in [0.2, 0.25) is 0 Å². The number of hydrogen-bond donors (Lipinski definition) is 2. The second-order valence-electron chi connectivity index (χ2n) is 3.82. The van der Waals surface area contributed by atoms with Crippen molar-refractivity contribution in [3.05, 3.63) is 52.9 Å². The molecule has 0 saturated carbocycles. The minimum Gasteiger partial charge on any atom is -0.343 e. The summed E-state index contributed by atoms with van der Waals surface area (Å²) >= 11 is 3.14. The molecule has 102 valence electrons. The van der Waals surface area contributed by atoms with E-state index in [0.29, 0.717) is 16.0 Å². The third kappa shape index (κ3) is 4.13. The monoisotopic (exact) mass is 334 g/mol. The third-order valence-corrected chi connectivity index (χ3v) is 2.74. The quantitative estimate of drug-likeness (QED) is 0.889. The van der Waals surface area contributed by atoms with Crippen molar-refractivity contribution in [1.29, 1.82) is 0 Å². The van der Waals surface area contributed by atoms with Gasteiger partial charge in [0.1, 0.15) is 4.60 Å². The van der Waals surface area contributed by atoms with Crippen molar-refractivity contribution in [3.8, 4) is 0 Å². The van der Waals surface area contributed by atoms with Crippen LogP contribution in [0.5, 0.6) is 0 Å². The van der Waals surface area contributed by atoms with Crippen LogP contribution in [0.3, 0.4) is 0 Å². The van der Waals surface area contributed by atoms with Gasteiger partial charge in [-0.3, -0.25) is 9.59 Å². The molecule has 0 aliphatic rings. The van der Waals surface area contributed by atoms with Crippen molar-refractivity contribution < 1.29 is 9.59 Å². The summed E-state index contributed by atoms with van der Waals surface area (Å²) in [7, 11) is 0. The summed E-state index contributed by atoms with van der Waals surface area (Å²) in [5.74, 6) is -0.347. The fraction of sp³-hybridized carbons (Fsp3) is 0.0769. The van der Waals surface area contributed by atoms with Crippen LogP contribution in [-0.2, 0) is 4.79 Å². The molecule has 7 heteroatoms. The van der Waals surface area contributed by atoms with E-state index in [-0.39, 0.29) is 18.4 Å². The Kier molecular flexibility index (Phi) is 4.78. The van der Waals surface area contributed by atoms with Gasteiger partial charge in [0.05, 0.1) is 18.9 Å². The zero-order chi connectivity index (χ0) is 14.4. The van der Waals surface area contributed by atoms with Crippen molar-refractivity contribution in [3.63, 3.8) is 0 Å². The number of amides is 2. The fourth-order valence-corrected chi connectivity index (χ4v) is 1.62. The number of rotatable bonds is 4. The fourth-order valence-electron chi connectivity index (χ4n) is 1.42. The van der Waals surface area contributed by atoms with Crippen LogP contribution in [0.15, 0.2) is 47.3 Å². The highest BCUT2D eigenvalue weighted by molar-refractivity contribution is 9.10. The summed E-state index contributed by atoms with van der Waals surface area (Å²) in [6.45, 7) is -0.133. The molecule has 0 saturated heterocycles. The maximum absolute atomic E-state index is 11.7. The number of nitrogens with zero attached hydrogens (tertiary/aromatic N) is 2. The first-order valence-corrected chi connectivity index (χ1v) is 6.55. The lowest BCUT2D eigenvalue weighted by molar-refractivity contribution is -0.115. The van der Waals surface area contributed by atoms with Crippen LogP contribution in [0, 0.1) is 0 Å². The summed E-state index contributed by atoms with van der Waals surface area (Å²) in [6.07, 6.45) is 2.89. The zero-order valence-electron chi connectivity index (χ0n) is 10.3. The van der Waals surface area contributed by atoms with Gasteiger partial charge in [0, 0.05) is 5.56 Å². The molecule has 2 aromatic rings. The number of carbonyl (C=O) groups excluding carboxylic acids is 2. The number of aromatic nitrogens is 2. The first-order chi connectivity index (χ1) is 9.65. The molecule has 0 radical (unpaired) electrons. The number of halogens is 1. The zero-order valence-corrected chi connectivity index (χ0v) is 11.9. The Morgan fingerprint density at radius 3 is 2.50 bits per heavy atom. The normalized spacial score (nSPS) is 9.85. The molecule has 6 nitrogen and oxygen atoms in total. The highest BCUT2D eigenvalue weighted by atomic mass is 79.9. The maximum atomic E-state index is 11.7. The van der Waals surface area contributed by atoms with Crippen LogP contribution in [0.1, 0.15) is 10.4 Å². The van der Waals surface area contributed by atoms with Crippen LogP contribution in [0.25, 0.3) is 0 Å². The smallest absolute Gasteiger partial charge is 0.251 e. The number of hydrogen-bond acceptors (Lipinski definition) is 4. The summed E-state index contributed by atoms with van der Waals surface area (Å²) in [4.78, 5) is 31.2. The average molecular weight is 335 g/mol. The highest BCUT2D eigenvalue weighted by Gasteiger charge is 2.08. The molecule has 0 atom stereocenters. The standard InChI is InChI=1S/C13H11BrN4O2/c14-10-6-16-11(7-15-10)18-12(19)8-17-13(20)9-4-2-1-3-5-9/h1-7H,8H2,(H,17,20)(H,16,18,19). The minimum atomic E-state index is -0.370. The van der Waals surface area contributed by atoms with Crippen LogP contribution in [0.4, 0.5) is 5.82 Å². The predicted octanol–water partition coefficient (Wildman–Crippen LogP) is 1.61. The number of carbonyl (C=O) groups is 2. The Hall–Kier alpha value is -2.28. The Morgan fingerprint density at radius 1 is 1.10 bits per heavy atom. The molecule has 0 bridgehead atoms. The second-order valence-corrected chi connectivity index (χ2v) is 4.63. The molecule has 0 unspecified atom stereocenters. The van der Waals surface area contributed by atoms with Crippen LogP contribution < -0.4 is 10.6 Å². The Balaban J connectivity index is 1.83. The van der Waals surface area contributed by atoms with Crippen LogP contribution in [-0.4, -0.2) is 28.3 Å². The molecule has 1 heterocycles. The van der Waals surface area contributed by atoms with E-state index in [4.69, 9.17) is 0 Å². The first-order valence-electron chi connectivity index (χ1n) is 5.76. The number of nitrogens with one attached hydrogen (secondary N) is 2. The molecule has 1 aromatic heterocycles. The van der Waals surface area contributed by atoms with Gasteiger partial charge in [-0.15, -0.1) is 0 Å². The van der Waals surface area contributed by atoms with Gasteiger partial charge in [-0.25, -0.2) is 9.97 Å². The average Bonchev–Trinajstić information content (AvgIpc) is 2.48. The van der Waals surface area contributed by atoms with E-state index in [1.807, 2.05) is 6.07 Å². The van der Waals surface area contributed by atoms with Crippen molar-refractivity contribution in [2.75, 3.05) is 11.9 Å². The summed E-state index contributed by atoms with van der Waals surface area (Å²) < 4.78 is 0.577. The van der Waals surface area contributed by atoms with E-state index in [9.17, 15) is 9.59 Å². The largest absolute Gasteiger partial charge is 0.343 e. The molecular formula is C13H11BrN4O2. The lowest BCUT2D eigenvalue weighted by Crippen LogP contribution is -2.33. The molecular weight excluding hydrogens is 324 g/mol. The van der Waals surface area contributed by atoms with E-state index < -0.39 is 0 Å². The molecule has 0 fully saturated rings. The topological polar surface area (TPSA) is 84.0 Å². The lowest BCUT2D eigenvalue weighted by atomic mass is 10.2. The molecule has 2 rings (SSSR count). The molecule has 2 N–H and O–H groups in total. The van der Waals surface area contributed by atoms with E-state index in [1.165, 1.54) is 12.4 Å². The van der Waals surface area contributed by atoms with E-state index in [0.717, 1.165) is 0 Å². The van der Waals surface area contributed by atoms with Crippen molar-refractivity contribution >= 4 is 33.6 Å². The van der Waals surface area contributed by atoms with Gasteiger partial charge in [-0.2, -0.15) is 0 Å². The van der Waals surface area contributed by atoms with Gasteiger partial charge in [-0.05, 0) is 28.1 Å². The second kappa shape index (κ2) is 6.76. The number of anilines is 1. The van der Waals surface area contributed by atoms with Gasteiger partial charge in [0.2, 0.25) is 5.91 Å². The maximum Gasteiger partial charge on any atom is 0.251 e. The molecule has 1 aromatic carbocycles. The van der Waals surface area contributed by atoms with Gasteiger partial charge in [0.25, 0.3) is 5.91 Å². The van der Waals surface area contributed by atoms with E-state index in [1.54, 1.807) is 24.3 Å². The molecule has 0 aliphatic carbocycles. The van der Waals surface area contributed by atoms with Crippen molar-refractivity contribution in [1.82, 2.24) is 15.3 Å². The SMILES string of the molecule is O=C(CNC(=O)c1ccccc1)Nc1cnc(Br)cn1. The van der Waals surface area contributed by atoms with Crippen molar-refractivity contribution in [2.45, 2.75) is 0 Å². The third-order valence-electron chi connectivity index (χ3n) is 2.33. The Bertz CT molecular complexity index is 602. The molecule has 0 spiro atoms. The van der Waals surface area contributed by atoms with E-state index in [2.05, 4.69) is 36.5 Å². The Morgan fingerprint density at radius 2 is 1.85 bits per heavy atom.